The Morgan fingerprint density at radius 1 is 1.07 bits per heavy atom. The van der Waals surface area contributed by atoms with Gasteiger partial charge in [0.2, 0.25) is 10.0 Å². The van der Waals surface area contributed by atoms with Gasteiger partial charge in [0.05, 0.1) is 63.8 Å². The molecule has 29 heavy (non-hydrogen) atoms. The lowest BCUT2D eigenvalue weighted by molar-refractivity contribution is -0.918. The van der Waals surface area contributed by atoms with Gasteiger partial charge in [-0.2, -0.15) is 4.31 Å². The zero-order valence-electron chi connectivity index (χ0n) is 18.2. The first-order chi connectivity index (χ1) is 13.7. The number of hydrogen-bond acceptors (Lipinski definition) is 3. The van der Waals surface area contributed by atoms with Gasteiger partial charge in [0.15, 0.2) is 6.04 Å². The van der Waals surface area contributed by atoms with Gasteiger partial charge in [0, 0.05) is 0 Å². The van der Waals surface area contributed by atoms with Crippen LogP contribution >= 0.6 is 0 Å². The normalized spacial score (nSPS) is 21.3. The fourth-order valence-electron chi connectivity index (χ4n) is 4.42. The Labute approximate surface area is 175 Å². The highest BCUT2D eigenvalue weighted by atomic mass is 32.2. The molecule has 8 heteroatoms. The summed E-state index contributed by atoms with van der Waals surface area (Å²) < 4.78 is 27.8. The molecule has 1 amide bonds. The van der Waals surface area contributed by atoms with Crippen molar-refractivity contribution in [1.29, 1.82) is 0 Å². The fourth-order valence-corrected chi connectivity index (χ4v) is 6.17. The molecule has 1 aromatic rings. The molecule has 0 unspecified atom stereocenters. The van der Waals surface area contributed by atoms with E-state index in [-0.39, 0.29) is 11.9 Å². The molecule has 0 aromatic heterocycles. The molecule has 2 fully saturated rings. The van der Waals surface area contributed by atoms with E-state index < -0.39 is 10.0 Å². The fraction of sp³-hybridized carbons (Fsp3) is 0.667. The molecule has 0 spiro atoms. The zero-order valence-corrected chi connectivity index (χ0v) is 19.0. The molecule has 2 N–H and O–H groups in total. The highest BCUT2D eigenvalue weighted by Crippen LogP contribution is 2.21. The number of aryl methyl sites for hydroxylation is 2. The third-order valence-electron chi connectivity index (χ3n) is 6.59. The van der Waals surface area contributed by atoms with E-state index in [0.717, 1.165) is 43.9 Å². The number of amides is 1. The van der Waals surface area contributed by atoms with Crippen LogP contribution in [0.1, 0.15) is 25.0 Å². The summed E-state index contributed by atoms with van der Waals surface area (Å²) in [4.78, 5) is 18.1. The number of likely N-dealkylation sites (N-methyl/N-ethyl adjacent to an activating group) is 1. The molecule has 162 valence electrons. The quantitative estimate of drug-likeness (QED) is 0.594. The lowest BCUT2D eigenvalue weighted by Gasteiger charge is -2.37. The minimum atomic E-state index is -3.49. The molecule has 1 aromatic carbocycles. The molecule has 3 rings (SSSR count). The number of rotatable bonds is 5. The summed E-state index contributed by atoms with van der Waals surface area (Å²) in [5.41, 5.74) is 1.73. The highest BCUT2D eigenvalue weighted by Gasteiger charge is 2.37. The molecule has 0 bridgehead atoms. The molecule has 0 saturated carbocycles. The highest BCUT2D eigenvalue weighted by molar-refractivity contribution is 7.89. The van der Waals surface area contributed by atoms with Gasteiger partial charge in [-0.25, -0.2) is 8.42 Å². The third-order valence-corrected chi connectivity index (χ3v) is 8.63. The average molecular weight is 425 g/mol. The molecule has 0 aliphatic carbocycles. The van der Waals surface area contributed by atoms with E-state index in [9.17, 15) is 13.2 Å². The van der Waals surface area contributed by atoms with Crippen LogP contribution in [0, 0.1) is 13.8 Å². The van der Waals surface area contributed by atoms with Crippen molar-refractivity contribution in [1.82, 2.24) is 9.21 Å². The monoisotopic (exact) mass is 424 g/mol. The number of benzene rings is 1. The van der Waals surface area contributed by atoms with Crippen molar-refractivity contribution in [2.45, 2.75) is 38.6 Å². The van der Waals surface area contributed by atoms with E-state index >= 15 is 0 Å². The molecular formula is C21H36N4O3S+2. The summed E-state index contributed by atoms with van der Waals surface area (Å²) in [7, 11) is -3.49. The molecule has 2 aliphatic rings. The van der Waals surface area contributed by atoms with E-state index in [4.69, 9.17) is 0 Å². The molecule has 0 radical (unpaired) electrons. The Morgan fingerprint density at radius 2 is 1.69 bits per heavy atom. The largest absolute Gasteiger partial charge is 0.332 e. The zero-order chi connectivity index (χ0) is 21.2. The van der Waals surface area contributed by atoms with Gasteiger partial charge in [-0.05, 0) is 44.9 Å². The molecule has 1 atom stereocenters. The maximum Gasteiger partial charge on any atom is 0.280 e. The second-order valence-electron chi connectivity index (χ2n) is 8.48. The van der Waals surface area contributed by atoms with Crippen LogP contribution in [0.4, 0.5) is 0 Å². The van der Waals surface area contributed by atoms with Crippen molar-refractivity contribution in [3.63, 3.8) is 0 Å². The molecule has 2 saturated heterocycles. The van der Waals surface area contributed by atoms with E-state index in [2.05, 4.69) is 6.92 Å². The Kier molecular flexibility index (Phi) is 6.98. The summed E-state index contributed by atoms with van der Waals surface area (Å²) in [5, 5.41) is 0. The van der Waals surface area contributed by atoms with Gasteiger partial charge in [0.25, 0.3) is 5.91 Å². The third kappa shape index (κ3) is 4.82. The smallest absolute Gasteiger partial charge is 0.280 e. The summed E-state index contributed by atoms with van der Waals surface area (Å²) in [6, 6.07) is 5.44. The van der Waals surface area contributed by atoms with E-state index in [1.165, 1.54) is 4.90 Å². The van der Waals surface area contributed by atoms with Crippen molar-refractivity contribution in [3.05, 3.63) is 29.3 Å². The number of nitrogens with zero attached hydrogens (tertiary/aromatic N) is 2. The van der Waals surface area contributed by atoms with E-state index in [1.807, 2.05) is 37.8 Å². The second kappa shape index (κ2) is 9.12. The summed E-state index contributed by atoms with van der Waals surface area (Å²) >= 11 is 0. The number of nitrogens with one attached hydrogen (secondary N) is 2. The summed E-state index contributed by atoms with van der Waals surface area (Å²) in [6.07, 6.45) is 0. The Morgan fingerprint density at radius 3 is 2.28 bits per heavy atom. The molecular weight excluding hydrogens is 388 g/mol. The van der Waals surface area contributed by atoms with Crippen molar-refractivity contribution in [2.24, 2.45) is 0 Å². The lowest BCUT2D eigenvalue weighted by atomic mass is 10.2. The van der Waals surface area contributed by atoms with Crippen LogP contribution in [-0.2, 0) is 14.8 Å². The number of sulfonamides is 1. The number of carbonyl (C=O) groups is 1. The van der Waals surface area contributed by atoms with Gasteiger partial charge < -0.3 is 14.7 Å². The molecule has 2 aliphatic heterocycles. The summed E-state index contributed by atoms with van der Waals surface area (Å²) in [6.45, 7) is 15.0. The predicted octanol–water partition coefficient (Wildman–Crippen LogP) is -1.67. The van der Waals surface area contributed by atoms with Crippen LogP contribution in [0.25, 0.3) is 0 Å². The maximum atomic E-state index is 13.1. The Bertz CT molecular complexity index is 826. The second-order valence-corrected chi connectivity index (χ2v) is 10.4. The van der Waals surface area contributed by atoms with Gasteiger partial charge in [0.1, 0.15) is 0 Å². The first kappa shape index (κ1) is 22.2. The van der Waals surface area contributed by atoms with Gasteiger partial charge >= 0.3 is 0 Å². The Balaban J connectivity index is 1.60. The first-order valence-corrected chi connectivity index (χ1v) is 12.2. The van der Waals surface area contributed by atoms with Crippen LogP contribution in [0.3, 0.4) is 0 Å². The van der Waals surface area contributed by atoms with Crippen molar-refractivity contribution < 1.29 is 23.0 Å². The maximum absolute atomic E-state index is 13.1. The lowest BCUT2D eigenvalue weighted by Crippen LogP contribution is -3.19. The van der Waals surface area contributed by atoms with Crippen molar-refractivity contribution in [3.8, 4) is 0 Å². The minimum absolute atomic E-state index is 0.122. The van der Waals surface area contributed by atoms with E-state index in [1.54, 1.807) is 15.3 Å². The number of carbonyl (C=O) groups excluding carboxylic acids is 1. The van der Waals surface area contributed by atoms with Gasteiger partial charge in [-0.3, -0.25) is 4.79 Å². The standard InChI is InChI=1S/C21H34N4O3S/c1-5-22-8-10-24(11-9-22)21(26)19(4)23-12-14-25(15-13-23)29(27,28)20-16-17(2)6-7-18(20)3/h6-7,16,19H,5,8-15H2,1-4H3/p+2/t19-/m1/s1. The van der Waals surface area contributed by atoms with Crippen LogP contribution in [-0.4, -0.2) is 88.5 Å². The Hall–Kier alpha value is -1.48. The minimum Gasteiger partial charge on any atom is -0.332 e. The number of quaternary nitrogens is 2. The number of hydrogen-bond donors (Lipinski definition) is 2. The van der Waals surface area contributed by atoms with Gasteiger partial charge in [-0.1, -0.05) is 12.1 Å². The number of piperazine rings is 2. The van der Waals surface area contributed by atoms with Crippen molar-refractivity contribution >= 4 is 15.9 Å². The van der Waals surface area contributed by atoms with Crippen LogP contribution in [0.5, 0.6) is 0 Å². The van der Waals surface area contributed by atoms with Crippen LogP contribution in [0.2, 0.25) is 0 Å². The van der Waals surface area contributed by atoms with Crippen molar-refractivity contribution in [2.75, 3.05) is 58.9 Å². The first-order valence-electron chi connectivity index (χ1n) is 10.8. The molecule has 7 nitrogen and oxygen atoms in total. The SMILES string of the molecule is CC[NH+]1CCN(C(=O)[C@@H](C)[NH+]2CCN(S(=O)(=O)c3cc(C)ccc3C)CC2)CC1. The molecule has 2 heterocycles. The topological polar surface area (TPSA) is 66.6 Å². The van der Waals surface area contributed by atoms with Gasteiger partial charge in [-0.15, -0.1) is 0 Å². The van der Waals surface area contributed by atoms with E-state index in [0.29, 0.717) is 31.1 Å². The summed E-state index contributed by atoms with van der Waals surface area (Å²) in [5.74, 6) is 0.209. The van der Waals surface area contributed by atoms with Crippen LogP contribution < -0.4 is 9.80 Å². The average Bonchev–Trinajstić information content (AvgIpc) is 2.74. The predicted molar refractivity (Wildman–Crippen MR) is 113 cm³/mol. The van der Waals surface area contributed by atoms with Crippen LogP contribution in [0.15, 0.2) is 23.1 Å².